The lowest BCUT2D eigenvalue weighted by atomic mass is 9.97. The molecule has 0 bridgehead atoms. The van der Waals surface area contributed by atoms with Crippen LogP contribution in [0, 0.1) is 0 Å². The van der Waals surface area contributed by atoms with Gasteiger partial charge in [0.25, 0.3) is 11.8 Å². The first kappa shape index (κ1) is 20.4. The summed E-state index contributed by atoms with van der Waals surface area (Å²) in [5.41, 5.74) is 0.632. The number of benzene rings is 1. The van der Waals surface area contributed by atoms with Gasteiger partial charge in [-0.25, -0.2) is 0 Å². The Hall–Kier alpha value is -2.83. The summed E-state index contributed by atoms with van der Waals surface area (Å²) in [4.78, 5) is 29.2. The van der Waals surface area contributed by atoms with E-state index >= 15 is 0 Å². The minimum absolute atomic E-state index is 0.0169. The minimum atomic E-state index is 0.0169. The van der Waals surface area contributed by atoms with Crippen molar-refractivity contribution in [3.63, 3.8) is 0 Å². The van der Waals surface area contributed by atoms with Gasteiger partial charge < -0.3 is 14.5 Å². The molecule has 0 spiro atoms. The van der Waals surface area contributed by atoms with Gasteiger partial charge in [0.2, 0.25) is 0 Å². The number of piperidine rings is 1. The lowest BCUT2D eigenvalue weighted by Crippen LogP contribution is -2.49. The Balaban J connectivity index is 1.31. The van der Waals surface area contributed by atoms with Crippen LogP contribution in [0.3, 0.4) is 0 Å². The van der Waals surface area contributed by atoms with Gasteiger partial charge in [0.05, 0.1) is 6.04 Å². The first-order valence-electron chi connectivity index (χ1n) is 10.9. The van der Waals surface area contributed by atoms with E-state index in [0.717, 1.165) is 25.8 Å². The molecule has 0 aliphatic carbocycles. The van der Waals surface area contributed by atoms with Gasteiger partial charge in [0.1, 0.15) is 5.75 Å². The molecule has 4 rings (SSSR count). The van der Waals surface area contributed by atoms with Crippen LogP contribution in [0.4, 0.5) is 0 Å². The Morgan fingerprint density at radius 1 is 1.10 bits per heavy atom. The first-order chi connectivity index (χ1) is 14.5. The van der Waals surface area contributed by atoms with Crippen LogP contribution in [-0.4, -0.2) is 63.2 Å². The second-order valence-electron chi connectivity index (χ2n) is 8.42. The van der Waals surface area contributed by atoms with Crippen LogP contribution in [0.2, 0.25) is 0 Å². The maximum atomic E-state index is 12.8. The molecule has 1 aromatic carbocycles. The van der Waals surface area contributed by atoms with E-state index in [9.17, 15) is 9.59 Å². The highest BCUT2D eigenvalue weighted by molar-refractivity contribution is 5.94. The Bertz CT molecular complexity index is 855. The average molecular weight is 411 g/mol. The number of amides is 2. The number of carbonyl (C=O) groups excluding carboxylic acids is 2. The third-order valence-corrected chi connectivity index (χ3v) is 6.29. The van der Waals surface area contributed by atoms with Crippen molar-refractivity contribution in [2.75, 3.05) is 19.7 Å². The van der Waals surface area contributed by atoms with Crippen LogP contribution < -0.4 is 4.74 Å². The third-order valence-electron chi connectivity index (χ3n) is 6.29. The van der Waals surface area contributed by atoms with Crippen LogP contribution in [0.25, 0.3) is 0 Å². The fourth-order valence-corrected chi connectivity index (χ4v) is 4.65. The van der Waals surface area contributed by atoms with Crippen LogP contribution in [0.5, 0.6) is 5.75 Å². The molecule has 0 radical (unpaired) electrons. The molecule has 30 heavy (non-hydrogen) atoms. The Morgan fingerprint density at radius 2 is 1.83 bits per heavy atom. The first-order valence-corrected chi connectivity index (χ1v) is 10.9. The fourth-order valence-electron chi connectivity index (χ4n) is 4.65. The number of carbonyl (C=O) groups is 2. The molecule has 2 saturated heterocycles. The molecule has 3 atom stereocenters. The van der Waals surface area contributed by atoms with Crippen molar-refractivity contribution >= 4 is 11.8 Å². The highest BCUT2D eigenvalue weighted by atomic mass is 16.5. The van der Waals surface area contributed by atoms with E-state index in [1.165, 1.54) is 6.42 Å². The summed E-state index contributed by atoms with van der Waals surface area (Å²) < 4.78 is 7.64. The number of aromatic nitrogens is 2. The topological polar surface area (TPSA) is 67.7 Å². The molecule has 7 nitrogen and oxygen atoms in total. The maximum absolute atomic E-state index is 12.8. The number of rotatable bonds is 5. The molecule has 2 aliphatic heterocycles. The number of hydrogen-bond acceptors (Lipinski definition) is 4. The van der Waals surface area contributed by atoms with Gasteiger partial charge in [-0.2, -0.15) is 5.10 Å². The lowest BCUT2D eigenvalue weighted by molar-refractivity contribution is -0.139. The van der Waals surface area contributed by atoms with Gasteiger partial charge in [-0.15, -0.1) is 0 Å². The number of ether oxygens (including phenoxy) is 1. The average Bonchev–Trinajstić information content (AvgIpc) is 3.44. The molecule has 7 heteroatoms. The van der Waals surface area contributed by atoms with Gasteiger partial charge in [-0.3, -0.25) is 14.3 Å². The highest BCUT2D eigenvalue weighted by Crippen LogP contribution is 2.24. The van der Waals surface area contributed by atoms with Crippen molar-refractivity contribution in [2.24, 2.45) is 0 Å². The molecule has 2 aliphatic rings. The maximum Gasteiger partial charge on any atom is 0.260 e. The van der Waals surface area contributed by atoms with Crippen LogP contribution in [0.1, 0.15) is 55.9 Å². The predicted octanol–water partition coefficient (Wildman–Crippen LogP) is 3.14. The summed E-state index contributed by atoms with van der Waals surface area (Å²) in [5, 5.41) is 4.29. The summed E-state index contributed by atoms with van der Waals surface area (Å²) in [7, 11) is 0. The molecule has 0 N–H and O–H groups in total. The Kier molecular flexibility index (Phi) is 6.06. The summed E-state index contributed by atoms with van der Waals surface area (Å²) in [6.07, 6.45) is 7.87. The molecule has 1 aromatic heterocycles. The summed E-state index contributed by atoms with van der Waals surface area (Å²) in [6, 6.07) is 9.74. The Morgan fingerprint density at radius 3 is 2.50 bits per heavy atom. The van der Waals surface area contributed by atoms with E-state index in [1.54, 1.807) is 30.5 Å². The van der Waals surface area contributed by atoms with Crippen molar-refractivity contribution in [1.29, 1.82) is 0 Å². The molecule has 0 saturated carbocycles. The van der Waals surface area contributed by atoms with E-state index in [4.69, 9.17) is 4.74 Å². The van der Waals surface area contributed by atoms with E-state index in [2.05, 4.69) is 18.9 Å². The second-order valence-corrected chi connectivity index (χ2v) is 8.42. The van der Waals surface area contributed by atoms with E-state index in [0.29, 0.717) is 17.9 Å². The molecule has 3 heterocycles. The van der Waals surface area contributed by atoms with Gasteiger partial charge in [-0.05, 0) is 69.9 Å². The zero-order chi connectivity index (χ0) is 21.1. The van der Waals surface area contributed by atoms with Gasteiger partial charge in [0, 0.05) is 43.1 Å². The van der Waals surface area contributed by atoms with Crippen LogP contribution >= 0.6 is 0 Å². The fraction of sp³-hybridized carbons (Fsp3) is 0.522. The normalized spacial score (nSPS) is 24.1. The SMILES string of the molecule is C[C@@H]1CCC[C@H](C)N1C(=O)COc1ccc(C(=O)N2CC[C@@H](n3cccn3)C2)cc1. The summed E-state index contributed by atoms with van der Waals surface area (Å²) in [5.74, 6) is 0.646. The summed E-state index contributed by atoms with van der Waals surface area (Å²) >= 11 is 0. The van der Waals surface area contributed by atoms with E-state index in [-0.39, 0.29) is 36.5 Å². The minimum Gasteiger partial charge on any atom is -0.484 e. The molecule has 2 aromatic rings. The largest absolute Gasteiger partial charge is 0.484 e. The van der Waals surface area contributed by atoms with Crippen LogP contribution in [-0.2, 0) is 4.79 Å². The number of nitrogens with zero attached hydrogens (tertiary/aromatic N) is 4. The highest BCUT2D eigenvalue weighted by Gasteiger charge is 2.30. The van der Waals surface area contributed by atoms with Gasteiger partial charge in [-0.1, -0.05) is 0 Å². The standard InChI is InChI=1S/C23H30N4O3/c1-17-5-3-6-18(2)27(17)22(28)16-30-21-9-7-19(8-10-21)23(29)25-14-11-20(15-25)26-13-4-12-24-26/h4,7-10,12-13,17-18,20H,3,5-6,11,14-16H2,1-2H3/t17-,18+,20-/m1/s1. The molecule has 2 fully saturated rings. The van der Waals surface area contributed by atoms with Crippen molar-refractivity contribution in [1.82, 2.24) is 19.6 Å². The zero-order valence-corrected chi connectivity index (χ0v) is 17.7. The second kappa shape index (κ2) is 8.90. The predicted molar refractivity (Wildman–Crippen MR) is 113 cm³/mol. The van der Waals surface area contributed by atoms with Gasteiger partial charge in [0.15, 0.2) is 6.61 Å². The molecule has 2 amide bonds. The van der Waals surface area contributed by atoms with Crippen molar-refractivity contribution in [3.05, 3.63) is 48.3 Å². The van der Waals surface area contributed by atoms with E-state index < -0.39 is 0 Å². The molecular formula is C23H30N4O3. The van der Waals surface area contributed by atoms with Crippen molar-refractivity contribution in [3.8, 4) is 5.75 Å². The zero-order valence-electron chi connectivity index (χ0n) is 17.7. The lowest BCUT2D eigenvalue weighted by Gasteiger charge is -2.38. The Labute approximate surface area is 177 Å². The van der Waals surface area contributed by atoms with Crippen molar-refractivity contribution < 1.29 is 14.3 Å². The van der Waals surface area contributed by atoms with E-state index in [1.807, 2.05) is 26.7 Å². The quantitative estimate of drug-likeness (QED) is 0.760. The molecule has 0 unspecified atom stereocenters. The number of likely N-dealkylation sites (tertiary alicyclic amines) is 2. The monoisotopic (exact) mass is 410 g/mol. The third kappa shape index (κ3) is 4.35. The summed E-state index contributed by atoms with van der Waals surface area (Å²) in [6.45, 7) is 5.62. The van der Waals surface area contributed by atoms with Crippen molar-refractivity contribution in [2.45, 2.75) is 57.7 Å². The van der Waals surface area contributed by atoms with Gasteiger partial charge >= 0.3 is 0 Å². The molecule has 160 valence electrons. The molecular weight excluding hydrogens is 380 g/mol. The van der Waals surface area contributed by atoms with Crippen LogP contribution in [0.15, 0.2) is 42.7 Å². The number of hydrogen-bond donors (Lipinski definition) is 0. The smallest absolute Gasteiger partial charge is 0.260 e.